The maximum absolute atomic E-state index is 12.2. The van der Waals surface area contributed by atoms with Crippen LogP contribution in [0, 0.1) is 0 Å². The Balaban J connectivity index is 1.45. The van der Waals surface area contributed by atoms with Crippen LogP contribution in [0.2, 0.25) is 0 Å². The summed E-state index contributed by atoms with van der Waals surface area (Å²) in [6.07, 6.45) is 0.988. The first-order chi connectivity index (χ1) is 15.2. The van der Waals surface area contributed by atoms with Crippen LogP contribution in [-0.2, 0) is 0 Å². The Bertz CT molecular complexity index is 1210. The predicted octanol–water partition coefficient (Wildman–Crippen LogP) is 5.26. The zero-order valence-electron chi connectivity index (χ0n) is 16.9. The Morgan fingerprint density at radius 3 is 2.23 bits per heavy atom. The Labute approximate surface area is 181 Å². The highest BCUT2D eigenvalue weighted by atomic mass is 16.1. The Kier molecular flexibility index (Phi) is 4.92. The molecule has 1 fully saturated rings. The molecule has 1 aliphatic rings. The number of rotatable bonds is 6. The summed E-state index contributed by atoms with van der Waals surface area (Å²) in [6.45, 7) is 0. The fourth-order valence-electron chi connectivity index (χ4n) is 4.17. The summed E-state index contributed by atoms with van der Waals surface area (Å²) in [5.41, 5.74) is 11.2. The molecule has 1 aliphatic carbocycles. The minimum Gasteiger partial charge on any atom is -0.366 e. The van der Waals surface area contributed by atoms with E-state index in [4.69, 9.17) is 5.73 Å². The number of hydrogen-bond acceptors (Lipinski definition) is 4. The van der Waals surface area contributed by atoms with E-state index < -0.39 is 5.91 Å². The van der Waals surface area contributed by atoms with Crippen molar-refractivity contribution in [2.45, 2.75) is 18.3 Å². The van der Waals surface area contributed by atoms with E-state index in [9.17, 15) is 4.79 Å². The van der Waals surface area contributed by atoms with Gasteiger partial charge in [-0.15, -0.1) is 10.2 Å². The van der Waals surface area contributed by atoms with E-state index >= 15 is 0 Å². The van der Waals surface area contributed by atoms with Crippen LogP contribution in [0.15, 0.2) is 91.0 Å². The molecule has 152 valence electrons. The van der Waals surface area contributed by atoms with Crippen molar-refractivity contribution in [2.75, 3.05) is 5.32 Å². The van der Waals surface area contributed by atoms with Crippen LogP contribution in [0.25, 0.3) is 11.3 Å². The molecule has 2 unspecified atom stereocenters. The van der Waals surface area contributed by atoms with Crippen molar-refractivity contribution >= 4 is 17.4 Å². The largest absolute Gasteiger partial charge is 0.366 e. The SMILES string of the molecule is NC(=O)c1cccc(Nc2ccc(-c3ccccc3)nn2)c1C1CC1c1ccccc1. The van der Waals surface area contributed by atoms with E-state index in [1.165, 1.54) is 5.56 Å². The second-order valence-corrected chi connectivity index (χ2v) is 7.79. The summed E-state index contributed by atoms with van der Waals surface area (Å²) in [5.74, 6) is 0.835. The van der Waals surface area contributed by atoms with Crippen LogP contribution in [0.4, 0.5) is 11.5 Å². The number of benzene rings is 3. The van der Waals surface area contributed by atoms with Gasteiger partial charge in [-0.1, -0.05) is 66.7 Å². The zero-order valence-corrected chi connectivity index (χ0v) is 16.9. The van der Waals surface area contributed by atoms with E-state index in [2.05, 4.69) is 27.6 Å². The van der Waals surface area contributed by atoms with Gasteiger partial charge in [0.15, 0.2) is 5.82 Å². The van der Waals surface area contributed by atoms with Crippen molar-refractivity contribution in [1.82, 2.24) is 10.2 Å². The van der Waals surface area contributed by atoms with E-state index in [1.54, 1.807) is 6.07 Å². The van der Waals surface area contributed by atoms with Crippen molar-refractivity contribution in [3.63, 3.8) is 0 Å². The fraction of sp³-hybridized carbons (Fsp3) is 0.115. The first-order valence-electron chi connectivity index (χ1n) is 10.3. The van der Waals surface area contributed by atoms with E-state index in [-0.39, 0.29) is 5.92 Å². The predicted molar refractivity (Wildman–Crippen MR) is 122 cm³/mol. The maximum atomic E-state index is 12.2. The van der Waals surface area contributed by atoms with Crippen molar-refractivity contribution in [3.05, 3.63) is 108 Å². The van der Waals surface area contributed by atoms with Gasteiger partial charge in [-0.25, -0.2) is 0 Å². The summed E-state index contributed by atoms with van der Waals surface area (Å²) in [5, 5.41) is 12.1. The van der Waals surface area contributed by atoms with Crippen molar-refractivity contribution in [1.29, 1.82) is 0 Å². The summed E-state index contributed by atoms with van der Waals surface area (Å²) in [4.78, 5) is 12.2. The number of anilines is 2. The molecule has 5 nitrogen and oxygen atoms in total. The van der Waals surface area contributed by atoms with Gasteiger partial charge in [0.2, 0.25) is 5.91 Å². The standard InChI is InChI=1S/C26H22N4O/c27-26(31)19-12-7-13-23(25(19)21-16-20(21)17-8-3-1-4-9-17)28-24-15-14-22(29-30-24)18-10-5-2-6-11-18/h1-15,20-21H,16H2,(H2,27,31)(H,28,30). The molecule has 0 saturated heterocycles. The topological polar surface area (TPSA) is 80.9 Å². The second-order valence-electron chi connectivity index (χ2n) is 7.79. The summed E-state index contributed by atoms with van der Waals surface area (Å²) in [7, 11) is 0. The number of nitrogens with zero attached hydrogens (tertiary/aromatic N) is 2. The van der Waals surface area contributed by atoms with Gasteiger partial charge in [0, 0.05) is 16.8 Å². The third-order valence-corrected chi connectivity index (χ3v) is 5.76. The molecule has 3 aromatic carbocycles. The van der Waals surface area contributed by atoms with Crippen molar-refractivity contribution in [3.8, 4) is 11.3 Å². The van der Waals surface area contributed by atoms with E-state index in [0.29, 0.717) is 17.3 Å². The highest BCUT2D eigenvalue weighted by Gasteiger charge is 2.42. The lowest BCUT2D eigenvalue weighted by molar-refractivity contribution is 0.0999. The number of nitrogens with two attached hydrogens (primary N) is 1. The van der Waals surface area contributed by atoms with Crippen LogP contribution in [0.3, 0.4) is 0 Å². The molecule has 1 heterocycles. The number of carbonyl (C=O) groups is 1. The number of primary amides is 1. The molecule has 0 aliphatic heterocycles. The summed E-state index contributed by atoms with van der Waals surface area (Å²) < 4.78 is 0. The molecule has 0 radical (unpaired) electrons. The molecule has 1 aromatic heterocycles. The molecule has 2 atom stereocenters. The van der Waals surface area contributed by atoms with Gasteiger partial charge in [-0.3, -0.25) is 4.79 Å². The second kappa shape index (κ2) is 8.03. The van der Waals surface area contributed by atoms with Gasteiger partial charge in [-0.05, 0) is 53.6 Å². The van der Waals surface area contributed by atoms with Crippen molar-refractivity contribution < 1.29 is 4.79 Å². The molecule has 4 aromatic rings. The van der Waals surface area contributed by atoms with Gasteiger partial charge in [-0.2, -0.15) is 0 Å². The van der Waals surface area contributed by atoms with Crippen LogP contribution in [0.5, 0.6) is 0 Å². The number of amides is 1. The molecule has 0 bridgehead atoms. The molecular weight excluding hydrogens is 384 g/mol. The highest BCUT2D eigenvalue weighted by molar-refractivity contribution is 5.96. The number of carbonyl (C=O) groups excluding carboxylic acids is 1. The first kappa shape index (κ1) is 19.0. The molecule has 5 rings (SSSR count). The Morgan fingerprint density at radius 1 is 0.806 bits per heavy atom. The molecule has 31 heavy (non-hydrogen) atoms. The molecule has 3 N–H and O–H groups in total. The number of hydrogen-bond donors (Lipinski definition) is 2. The van der Waals surface area contributed by atoms with Crippen LogP contribution in [0.1, 0.15) is 39.7 Å². The average Bonchev–Trinajstić information content (AvgIpc) is 3.61. The normalized spacial score (nSPS) is 17.2. The lowest BCUT2D eigenvalue weighted by atomic mass is 9.97. The van der Waals surface area contributed by atoms with Gasteiger partial charge in [0.25, 0.3) is 0 Å². The molecule has 1 amide bonds. The third-order valence-electron chi connectivity index (χ3n) is 5.76. The zero-order chi connectivity index (χ0) is 21.2. The Hall–Kier alpha value is -3.99. The first-order valence-corrected chi connectivity index (χ1v) is 10.3. The lowest BCUT2D eigenvalue weighted by Crippen LogP contribution is -2.15. The van der Waals surface area contributed by atoms with Gasteiger partial charge in [0.1, 0.15) is 0 Å². The molecule has 5 heteroatoms. The lowest BCUT2D eigenvalue weighted by Gasteiger charge is -2.15. The van der Waals surface area contributed by atoms with E-state index in [1.807, 2.05) is 72.8 Å². The highest BCUT2D eigenvalue weighted by Crippen LogP contribution is 2.57. The Morgan fingerprint density at radius 2 is 1.55 bits per heavy atom. The van der Waals surface area contributed by atoms with Gasteiger partial charge in [0.05, 0.1) is 5.69 Å². The molecule has 1 saturated carbocycles. The minimum atomic E-state index is -0.414. The number of nitrogens with one attached hydrogen (secondary N) is 1. The monoisotopic (exact) mass is 406 g/mol. The minimum absolute atomic E-state index is 0.241. The number of aromatic nitrogens is 2. The third kappa shape index (κ3) is 3.90. The van der Waals surface area contributed by atoms with Crippen LogP contribution >= 0.6 is 0 Å². The quantitative estimate of drug-likeness (QED) is 0.458. The summed E-state index contributed by atoms with van der Waals surface area (Å²) in [6, 6.07) is 29.8. The van der Waals surface area contributed by atoms with Crippen molar-refractivity contribution in [2.24, 2.45) is 5.73 Å². The maximum Gasteiger partial charge on any atom is 0.249 e. The van der Waals surface area contributed by atoms with Crippen LogP contribution < -0.4 is 11.1 Å². The van der Waals surface area contributed by atoms with Crippen LogP contribution in [-0.4, -0.2) is 16.1 Å². The fourth-order valence-corrected chi connectivity index (χ4v) is 4.17. The average molecular weight is 406 g/mol. The molecule has 0 spiro atoms. The summed E-state index contributed by atoms with van der Waals surface area (Å²) >= 11 is 0. The molecular formula is C26H22N4O. The smallest absolute Gasteiger partial charge is 0.249 e. The van der Waals surface area contributed by atoms with Gasteiger partial charge < -0.3 is 11.1 Å². The van der Waals surface area contributed by atoms with E-state index in [0.717, 1.165) is 28.9 Å². The van der Waals surface area contributed by atoms with Gasteiger partial charge >= 0.3 is 0 Å².